The number of rotatable bonds is 5. The molecule has 0 aromatic heterocycles. The SMILES string of the molecule is CC(C)N(C)S(=O)(=O)c1ccc(C(=O)N2CCN(C(=O)c3ccccc3O)CC2)cc1. The summed E-state index contributed by atoms with van der Waals surface area (Å²) in [5.74, 6) is -0.547. The number of carbonyl (C=O) groups is 2. The number of hydrogen-bond acceptors (Lipinski definition) is 5. The first-order valence-electron chi connectivity index (χ1n) is 10.1. The summed E-state index contributed by atoms with van der Waals surface area (Å²) in [5, 5.41) is 9.89. The number of sulfonamides is 1. The van der Waals surface area contributed by atoms with Crippen LogP contribution in [-0.2, 0) is 10.0 Å². The molecule has 0 unspecified atom stereocenters. The van der Waals surface area contributed by atoms with Gasteiger partial charge in [0, 0.05) is 44.8 Å². The zero-order valence-corrected chi connectivity index (χ0v) is 18.7. The van der Waals surface area contributed by atoms with E-state index in [1.54, 1.807) is 41.8 Å². The van der Waals surface area contributed by atoms with Crippen molar-refractivity contribution in [3.05, 3.63) is 59.7 Å². The minimum atomic E-state index is -3.61. The van der Waals surface area contributed by atoms with E-state index in [4.69, 9.17) is 0 Å². The Morgan fingerprint density at radius 1 is 0.903 bits per heavy atom. The average molecular weight is 446 g/mol. The maximum absolute atomic E-state index is 12.8. The summed E-state index contributed by atoms with van der Waals surface area (Å²) in [6.07, 6.45) is 0. The Hall–Kier alpha value is -2.91. The van der Waals surface area contributed by atoms with Crippen molar-refractivity contribution < 1.29 is 23.1 Å². The van der Waals surface area contributed by atoms with Crippen molar-refractivity contribution in [1.82, 2.24) is 14.1 Å². The predicted octanol–water partition coefficient (Wildman–Crippen LogP) is 2.02. The Bertz CT molecular complexity index is 1060. The zero-order chi connectivity index (χ0) is 22.8. The van der Waals surface area contributed by atoms with Crippen LogP contribution in [0.5, 0.6) is 5.75 Å². The van der Waals surface area contributed by atoms with Crippen LogP contribution in [0.25, 0.3) is 0 Å². The molecule has 0 saturated carbocycles. The molecule has 2 aromatic rings. The van der Waals surface area contributed by atoms with E-state index in [0.29, 0.717) is 31.7 Å². The van der Waals surface area contributed by atoms with Crippen LogP contribution in [0.1, 0.15) is 34.6 Å². The fraction of sp³-hybridized carbons (Fsp3) is 0.364. The number of phenolic OH excluding ortho intramolecular Hbond substituents is 1. The van der Waals surface area contributed by atoms with Gasteiger partial charge in [-0.05, 0) is 50.2 Å². The van der Waals surface area contributed by atoms with Crippen molar-refractivity contribution >= 4 is 21.8 Å². The molecule has 2 amide bonds. The lowest BCUT2D eigenvalue weighted by Crippen LogP contribution is -2.50. The number of piperazine rings is 1. The Morgan fingerprint density at radius 2 is 1.42 bits per heavy atom. The minimum absolute atomic E-state index is 0.0656. The van der Waals surface area contributed by atoms with Crippen LogP contribution in [0.3, 0.4) is 0 Å². The number of para-hydroxylation sites is 1. The highest BCUT2D eigenvalue weighted by molar-refractivity contribution is 7.89. The highest BCUT2D eigenvalue weighted by Crippen LogP contribution is 2.20. The molecule has 8 nitrogen and oxygen atoms in total. The fourth-order valence-electron chi connectivity index (χ4n) is 3.33. The molecule has 0 atom stereocenters. The first kappa shape index (κ1) is 22.8. The summed E-state index contributed by atoms with van der Waals surface area (Å²) < 4.78 is 26.4. The van der Waals surface area contributed by atoms with Crippen LogP contribution in [0.15, 0.2) is 53.4 Å². The zero-order valence-electron chi connectivity index (χ0n) is 17.9. The van der Waals surface area contributed by atoms with Crippen molar-refractivity contribution in [3.8, 4) is 5.75 Å². The van der Waals surface area contributed by atoms with Crippen LogP contribution in [0.2, 0.25) is 0 Å². The number of benzene rings is 2. The molecular formula is C22H27N3O5S. The van der Waals surface area contributed by atoms with E-state index in [-0.39, 0.29) is 34.1 Å². The second-order valence-corrected chi connectivity index (χ2v) is 9.74. The lowest BCUT2D eigenvalue weighted by molar-refractivity contribution is 0.0533. The normalized spacial score (nSPS) is 14.9. The molecule has 1 N–H and O–H groups in total. The molecular weight excluding hydrogens is 418 g/mol. The van der Waals surface area contributed by atoms with Gasteiger partial charge in [-0.15, -0.1) is 0 Å². The molecule has 9 heteroatoms. The number of aromatic hydroxyl groups is 1. The quantitative estimate of drug-likeness (QED) is 0.759. The number of carbonyl (C=O) groups excluding carboxylic acids is 2. The smallest absolute Gasteiger partial charge is 0.257 e. The summed E-state index contributed by atoms with van der Waals surface area (Å²) in [6, 6.07) is 12.1. The van der Waals surface area contributed by atoms with E-state index in [1.165, 1.54) is 41.7 Å². The molecule has 0 bridgehead atoms. The summed E-state index contributed by atoms with van der Waals surface area (Å²) in [7, 11) is -2.09. The van der Waals surface area contributed by atoms with Gasteiger partial charge in [-0.2, -0.15) is 4.31 Å². The monoisotopic (exact) mass is 445 g/mol. The first-order valence-corrected chi connectivity index (χ1v) is 11.5. The number of phenols is 1. The third-order valence-electron chi connectivity index (χ3n) is 5.49. The topological polar surface area (TPSA) is 98.2 Å². The van der Waals surface area contributed by atoms with Crippen molar-refractivity contribution in [2.24, 2.45) is 0 Å². The molecule has 1 aliphatic rings. The van der Waals surface area contributed by atoms with Crippen LogP contribution >= 0.6 is 0 Å². The van der Waals surface area contributed by atoms with Gasteiger partial charge < -0.3 is 14.9 Å². The summed E-state index contributed by atoms with van der Waals surface area (Å²) in [6.45, 7) is 5.00. The van der Waals surface area contributed by atoms with Gasteiger partial charge in [-0.25, -0.2) is 8.42 Å². The van der Waals surface area contributed by atoms with E-state index >= 15 is 0 Å². The average Bonchev–Trinajstić information content (AvgIpc) is 2.78. The molecule has 0 aliphatic carbocycles. The number of amides is 2. The van der Waals surface area contributed by atoms with E-state index in [2.05, 4.69) is 0 Å². The second kappa shape index (κ2) is 9.07. The summed E-state index contributed by atoms with van der Waals surface area (Å²) in [4.78, 5) is 28.8. The van der Waals surface area contributed by atoms with E-state index in [1.807, 2.05) is 0 Å². The predicted molar refractivity (Wildman–Crippen MR) is 116 cm³/mol. The van der Waals surface area contributed by atoms with Gasteiger partial charge in [0.05, 0.1) is 10.5 Å². The largest absolute Gasteiger partial charge is 0.507 e. The molecule has 0 spiro atoms. The standard InChI is InChI=1S/C22H27N3O5S/c1-16(2)23(3)31(29,30)18-10-8-17(9-11-18)21(27)24-12-14-25(15-13-24)22(28)19-6-4-5-7-20(19)26/h4-11,16,26H,12-15H2,1-3H3. The molecule has 1 aliphatic heterocycles. The molecule has 1 saturated heterocycles. The Labute approximate surface area is 182 Å². The highest BCUT2D eigenvalue weighted by Gasteiger charge is 2.27. The van der Waals surface area contributed by atoms with Crippen LogP contribution < -0.4 is 0 Å². The van der Waals surface area contributed by atoms with Gasteiger partial charge in [0.1, 0.15) is 5.75 Å². The van der Waals surface area contributed by atoms with Crippen molar-refractivity contribution in [2.45, 2.75) is 24.8 Å². The second-order valence-electron chi connectivity index (χ2n) is 7.74. The lowest BCUT2D eigenvalue weighted by Gasteiger charge is -2.35. The Kier molecular flexibility index (Phi) is 6.66. The van der Waals surface area contributed by atoms with Crippen molar-refractivity contribution in [1.29, 1.82) is 0 Å². The van der Waals surface area contributed by atoms with Gasteiger partial charge in [0.15, 0.2) is 0 Å². The molecule has 2 aromatic carbocycles. The Balaban J connectivity index is 1.65. The van der Waals surface area contributed by atoms with Gasteiger partial charge in [-0.1, -0.05) is 12.1 Å². The molecule has 1 fully saturated rings. The number of nitrogens with zero attached hydrogens (tertiary/aromatic N) is 3. The minimum Gasteiger partial charge on any atom is -0.507 e. The molecule has 166 valence electrons. The molecule has 3 rings (SSSR count). The first-order chi connectivity index (χ1) is 14.6. The molecule has 31 heavy (non-hydrogen) atoms. The molecule has 0 radical (unpaired) electrons. The third kappa shape index (κ3) is 4.72. The third-order valence-corrected chi connectivity index (χ3v) is 7.54. The maximum atomic E-state index is 12.8. The van der Waals surface area contributed by atoms with Gasteiger partial charge in [0.25, 0.3) is 11.8 Å². The van der Waals surface area contributed by atoms with Gasteiger partial charge >= 0.3 is 0 Å². The highest BCUT2D eigenvalue weighted by atomic mass is 32.2. The van der Waals surface area contributed by atoms with E-state index < -0.39 is 10.0 Å². The molecule has 1 heterocycles. The van der Waals surface area contributed by atoms with Crippen LogP contribution in [-0.4, -0.2) is 78.7 Å². The number of hydrogen-bond donors (Lipinski definition) is 1. The Morgan fingerprint density at radius 3 is 1.94 bits per heavy atom. The van der Waals surface area contributed by atoms with Crippen LogP contribution in [0, 0.1) is 0 Å². The van der Waals surface area contributed by atoms with Crippen LogP contribution in [0.4, 0.5) is 0 Å². The van der Waals surface area contributed by atoms with Crippen molar-refractivity contribution in [2.75, 3.05) is 33.2 Å². The maximum Gasteiger partial charge on any atom is 0.257 e. The van der Waals surface area contributed by atoms with E-state index in [9.17, 15) is 23.1 Å². The van der Waals surface area contributed by atoms with Crippen molar-refractivity contribution in [3.63, 3.8) is 0 Å². The fourth-order valence-corrected chi connectivity index (χ4v) is 4.70. The lowest BCUT2D eigenvalue weighted by atomic mass is 10.1. The summed E-state index contributed by atoms with van der Waals surface area (Å²) in [5.41, 5.74) is 0.636. The van der Waals surface area contributed by atoms with E-state index in [0.717, 1.165) is 0 Å². The van der Waals surface area contributed by atoms with Gasteiger partial charge in [0.2, 0.25) is 10.0 Å². The summed E-state index contributed by atoms with van der Waals surface area (Å²) >= 11 is 0. The van der Waals surface area contributed by atoms with Gasteiger partial charge in [-0.3, -0.25) is 9.59 Å².